The molecule has 0 unspecified atom stereocenters. The van der Waals surface area contributed by atoms with Gasteiger partial charge in [-0.3, -0.25) is 4.79 Å². The van der Waals surface area contributed by atoms with Crippen LogP contribution in [0.1, 0.15) is 50.5 Å². The maximum absolute atomic E-state index is 11.9. The third kappa shape index (κ3) is 3.90. The first kappa shape index (κ1) is 14.2. The first-order valence-electron chi connectivity index (χ1n) is 7.96. The third-order valence-electron chi connectivity index (χ3n) is 4.43. The fraction of sp³-hybridized carbons (Fsp3) is 0.588. The Morgan fingerprint density at radius 1 is 1.14 bits per heavy atom. The van der Waals surface area contributed by atoms with Crippen molar-refractivity contribution in [3.8, 4) is 11.5 Å². The summed E-state index contributed by atoms with van der Waals surface area (Å²) in [4.78, 5) is 11.9. The Morgan fingerprint density at radius 3 is 2.81 bits per heavy atom. The van der Waals surface area contributed by atoms with E-state index in [2.05, 4.69) is 5.32 Å². The molecule has 0 radical (unpaired) electrons. The topological polar surface area (TPSA) is 47.6 Å². The molecule has 1 N–H and O–H groups in total. The highest BCUT2D eigenvalue weighted by molar-refractivity contribution is 5.75. The van der Waals surface area contributed by atoms with Gasteiger partial charge in [-0.15, -0.1) is 0 Å². The summed E-state index contributed by atoms with van der Waals surface area (Å²) in [6.45, 7) is 0.840. The van der Waals surface area contributed by atoms with Crippen molar-refractivity contribution >= 4 is 5.91 Å². The molecule has 1 heterocycles. The van der Waals surface area contributed by atoms with Gasteiger partial charge in [-0.25, -0.2) is 0 Å². The number of fused-ring (bicyclic) bond motifs is 1. The SMILES string of the molecule is O=C(CCC1CCCCC1)NCc1ccc2c(c1)OCO2. The molecule has 0 saturated heterocycles. The van der Waals surface area contributed by atoms with Crippen LogP contribution in [-0.4, -0.2) is 12.7 Å². The minimum atomic E-state index is 0.151. The fourth-order valence-electron chi connectivity index (χ4n) is 3.15. The highest BCUT2D eigenvalue weighted by atomic mass is 16.7. The number of hydrogen-bond donors (Lipinski definition) is 1. The summed E-state index contributed by atoms with van der Waals surface area (Å²) >= 11 is 0. The van der Waals surface area contributed by atoms with Crippen LogP contribution in [0.3, 0.4) is 0 Å². The molecule has 1 aromatic rings. The van der Waals surface area contributed by atoms with Crippen LogP contribution in [0.15, 0.2) is 18.2 Å². The van der Waals surface area contributed by atoms with E-state index in [0.717, 1.165) is 29.4 Å². The summed E-state index contributed by atoms with van der Waals surface area (Å²) in [7, 11) is 0. The molecular weight excluding hydrogens is 266 g/mol. The van der Waals surface area contributed by atoms with Crippen molar-refractivity contribution < 1.29 is 14.3 Å². The number of carbonyl (C=O) groups excluding carboxylic acids is 1. The van der Waals surface area contributed by atoms with Gasteiger partial charge in [-0.1, -0.05) is 38.2 Å². The summed E-state index contributed by atoms with van der Waals surface area (Å²) in [5.41, 5.74) is 1.05. The molecular formula is C17H23NO3. The summed E-state index contributed by atoms with van der Waals surface area (Å²) in [6.07, 6.45) is 8.33. The molecule has 1 aromatic carbocycles. The van der Waals surface area contributed by atoms with Crippen LogP contribution in [0.25, 0.3) is 0 Å². The zero-order valence-electron chi connectivity index (χ0n) is 12.4. The molecule has 0 aromatic heterocycles. The Kier molecular flexibility index (Phi) is 4.63. The number of amides is 1. The van der Waals surface area contributed by atoms with E-state index < -0.39 is 0 Å². The van der Waals surface area contributed by atoms with E-state index in [-0.39, 0.29) is 12.7 Å². The van der Waals surface area contributed by atoms with Crippen LogP contribution in [0.4, 0.5) is 0 Å². The molecule has 0 spiro atoms. The summed E-state index contributed by atoms with van der Waals surface area (Å²) in [5, 5.41) is 2.99. The molecule has 4 heteroatoms. The minimum Gasteiger partial charge on any atom is -0.454 e. The van der Waals surface area contributed by atoms with E-state index >= 15 is 0 Å². The lowest BCUT2D eigenvalue weighted by atomic mass is 9.86. The fourth-order valence-corrected chi connectivity index (χ4v) is 3.15. The van der Waals surface area contributed by atoms with Gasteiger partial charge in [0.1, 0.15) is 0 Å². The Bertz CT molecular complexity index is 495. The smallest absolute Gasteiger partial charge is 0.231 e. The van der Waals surface area contributed by atoms with Gasteiger partial charge in [0.2, 0.25) is 12.7 Å². The molecule has 1 aliphatic heterocycles. The monoisotopic (exact) mass is 289 g/mol. The van der Waals surface area contributed by atoms with E-state index in [0.29, 0.717) is 13.0 Å². The van der Waals surface area contributed by atoms with Gasteiger partial charge >= 0.3 is 0 Å². The normalized spacial score (nSPS) is 17.7. The summed E-state index contributed by atoms with van der Waals surface area (Å²) in [5.74, 6) is 2.46. The van der Waals surface area contributed by atoms with Crippen molar-refractivity contribution in [3.63, 3.8) is 0 Å². The molecule has 1 aliphatic carbocycles. The lowest BCUT2D eigenvalue weighted by Crippen LogP contribution is -2.23. The molecule has 0 atom stereocenters. The van der Waals surface area contributed by atoms with Crippen LogP contribution in [-0.2, 0) is 11.3 Å². The Hall–Kier alpha value is -1.71. The number of ether oxygens (including phenoxy) is 2. The Balaban J connectivity index is 1.41. The minimum absolute atomic E-state index is 0.151. The summed E-state index contributed by atoms with van der Waals surface area (Å²) in [6, 6.07) is 5.80. The van der Waals surface area contributed by atoms with E-state index in [4.69, 9.17) is 9.47 Å². The van der Waals surface area contributed by atoms with Crippen molar-refractivity contribution in [1.29, 1.82) is 0 Å². The van der Waals surface area contributed by atoms with Crippen LogP contribution >= 0.6 is 0 Å². The molecule has 21 heavy (non-hydrogen) atoms. The Labute approximate surface area is 125 Å². The van der Waals surface area contributed by atoms with Gasteiger partial charge in [0.25, 0.3) is 0 Å². The highest BCUT2D eigenvalue weighted by Gasteiger charge is 2.15. The second-order valence-electron chi connectivity index (χ2n) is 6.01. The predicted molar refractivity (Wildman–Crippen MR) is 80.2 cm³/mol. The summed E-state index contributed by atoms with van der Waals surface area (Å²) < 4.78 is 10.6. The quantitative estimate of drug-likeness (QED) is 0.904. The van der Waals surface area contributed by atoms with Crippen molar-refractivity contribution in [1.82, 2.24) is 5.32 Å². The first-order chi connectivity index (χ1) is 10.3. The maximum atomic E-state index is 11.9. The number of nitrogens with one attached hydrogen (secondary N) is 1. The number of hydrogen-bond acceptors (Lipinski definition) is 3. The predicted octanol–water partition coefficient (Wildman–Crippen LogP) is 3.39. The molecule has 2 aliphatic rings. The highest BCUT2D eigenvalue weighted by Crippen LogP contribution is 2.32. The molecule has 1 saturated carbocycles. The van der Waals surface area contributed by atoms with Gasteiger partial charge < -0.3 is 14.8 Å². The van der Waals surface area contributed by atoms with E-state index in [1.54, 1.807) is 0 Å². The van der Waals surface area contributed by atoms with Crippen LogP contribution in [0.5, 0.6) is 11.5 Å². The van der Waals surface area contributed by atoms with Gasteiger partial charge in [0, 0.05) is 13.0 Å². The first-order valence-corrected chi connectivity index (χ1v) is 7.96. The van der Waals surface area contributed by atoms with Crippen molar-refractivity contribution in [3.05, 3.63) is 23.8 Å². The van der Waals surface area contributed by atoms with Gasteiger partial charge in [0.05, 0.1) is 0 Å². The average Bonchev–Trinajstić information content (AvgIpc) is 2.99. The van der Waals surface area contributed by atoms with Crippen LogP contribution < -0.4 is 14.8 Å². The maximum Gasteiger partial charge on any atom is 0.231 e. The Morgan fingerprint density at radius 2 is 1.95 bits per heavy atom. The molecule has 114 valence electrons. The van der Waals surface area contributed by atoms with Gasteiger partial charge in [0.15, 0.2) is 11.5 Å². The molecule has 3 rings (SSSR count). The zero-order valence-corrected chi connectivity index (χ0v) is 12.4. The van der Waals surface area contributed by atoms with Crippen LogP contribution in [0.2, 0.25) is 0 Å². The number of rotatable bonds is 5. The average molecular weight is 289 g/mol. The van der Waals surface area contributed by atoms with Gasteiger partial charge in [-0.05, 0) is 30.0 Å². The lowest BCUT2D eigenvalue weighted by molar-refractivity contribution is -0.121. The second-order valence-corrected chi connectivity index (χ2v) is 6.01. The standard InChI is InChI=1S/C17H23NO3/c19-17(9-7-13-4-2-1-3-5-13)18-11-14-6-8-15-16(10-14)21-12-20-15/h6,8,10,13H,1-5,7,9,11-12H2,(H,18,19). The van der Waals surface area contributed by atoms with Crippen molar-refractivity contribution in [2.75, 3.05) is 6.79 Å². The molecule has 1 amide bonds. The lowest BCUT2D eigenvalue weighted by Gasteiger charge is -2.21. The molecule has 4 nitrogen and oxygen atoms in total. The van der Waals surface area contributed by atoms with E-state index in [1.807, 2.05) is 18.2 Å². The largest absolute Gasteiger partial charge is 0.454 e. The molecule has 1 fully saturated rings. The number of benzene rings is 1. The van der Waals surface area contributed by atoms with E-state index in [1.165, 1.54) is 32.1 Å². The number of carbonyl (C=O) groups is 1. The van der Waals surface area contributed by atoms with E-state index in [9.17, 15) is 4.79 Å². The zero-order chi connectivity index (χ0) is 14.5. The third-order valence-corrected chi connectivity index (χ3v) is 4.43. The molecule has 0 bridgehead atoms. The van der Waals surface area contributed by atoms with Crippen LogP contribution in [0, 0.1) is 5.92 Å². The van der Waals surface area contributed by atoms with Crippen molar-refractivity contribution in [2.24, 2.45) is 5.92 Å². The van der Waals surface area contributed by atoms with Gasteiger partial charge in [-0.2, -0.15) is 0 Å². The second kappa shape index (κ2) is 6.83. The van der Waals surface area contributed by atoms with Crippen molar-refractivity contribution in [2.45, 2.75) is 51.5 Å².